The molecule has 28 heavy (non-hydrogen) atoms. The monoisotopic (exact) mass is 533 g/mol. The van der Waals surface area contributed by atoms with Gasteiger partial charge in [0.05, 0.1) is 21.9 Å². The Morgan fingerprint density at radius 1 is 1.29 bits per heavy atom. The summed E-state index contributed by atoms with van der Waals surface area (Å²) in [4.78, 5) is 9.89. The minimum absolute atomic E-state index is 0. The molecule has 3 N–H and O–H groups in total. The van der Waals surface area contributed by atoms with Gasteiger partial charge in [-0.25, -0.2) is 4.98 Å². The van der Waals surface area contributed by atoms with Crippen molar-refractivity contribution in [2.24, 2.45) is 4.99 Å². The molecule has 2 aromatic heterocycles. The number of para-hydroxylation sites is 2. The van der Waals surface area contributed by atoms with Crippen LogP contribution in [0, 0.1) is 6.92 Å². The van der Waals surface area contributed by atoms with Gasteiger partial charge in [-0.2, -0.15) is 0 Å². The van der Waals surface area contributed by atoms with E-state index in [-0.39, 0.29) is 30.5 Å². The Balaban J connectivity index is 0.00000280. The number of aliphatic imine (C=N–C) groups is 1. The van der Waals surface area contributed by atoms with Crippen molar-refractivity contribution in [2.75, 3.05) is 19.6 Å². The van der Waals surface area contributed by atoms with E-state index in [0.717, 1.165) is 34.8 Å². The first kappa shape index (κ1) is 22.9. The second kappa shape index (κ2) is 11.0. The number of halogens is 2. The van der Waals surface area contributed by atoms with Crippen LogP contribution in [0.15, 0.2) is 41.4 Å². The van der Waals surface area contributed by atoms with Gasteiger partial charge in [-0.1, -0.05) is 23.7 Å². The maximum absolute atomic E-state index is 10.3. The second-order valence-corrected chi connectivity index (χ2v) is 7.85. The van der Waals surface area contributed by atoms with Crippen molar-refractivity contribution in [3.05, 3.63) is 51.4 Å². The lowest BCUT2D eigenvalue weighted by atomic mass is 10.3. The molecule has 0 saturated heterocycles. The maximum Gasteiger partial charge on any atom is 0.191 e. The predicted octanol–water partition coefficient (Wildman–Crippen LogP) is 3.97. The van der Waals surface area contributed by atoms with Crippen LogP contribution >= 0.6 is 46.9 Å². The number of hydrogen-bond donors (Lipinski definition) is 3. The molecule has 0 fully saturated rings. The molecule has 9 heteroatoms. The third-order valence-electron chi connectivity index (χ3n) is 4.16. The molecular weight excluding hydrogens is 509 g/mol. The van der Waals surface area contributed by atoms with Gasteiger partial charge in [0, 0.05) is 24.5 Å². The van der Waals surface area contributed by atoms with Crippen molar-refractivity contribution in [1.29, 1.82) is 0 Å². The van der Waals surface area contributed by atoms with E-state index in [2.05, 4.69) is 31.2 Å². The molecule has 6 nitrogen and oxygen atoms in total. The molecule has 1 aromatic carbocycles. The Hall–Kier alpha value is -1.36. The predicted molar refractivity (Wildman–Crippen MR) is 128 cm³/mol. The Labute approximate surface area is 191 Å². The van der Waals surface area contributed by atoms with Gasteiger partial charge in [-0.3, -0.25) is 4.99 Å². The Morgan fingerprint density at radius 3 is 2.79 bits per heavy atom. The van der Waals surface area contributed by atoms with Crippen molar-refractivity contribution in [2.45, 2.75) is 26.5 Å². The van der Waals surface area contributed by atoms with Crippen molar-refractivity contribution in [3.63, 3.8) is 0 Å². The van der Waals surface area contributed by atoms with E-state index in [0.29, 0.717) is 16.8 Å². The molecule has 0 bridgehead atoms. The molecular formula is C19H25ClIN5OS. The van der Waals surface area contributed by atoms with Gasteiger partial charge in [0.1, 0.15) is 11.9 Å². The minimum atomic E-state index is -0.655. The highest BCUT2D eigenvalue weighted by atomic mass is 127. The minimum Gasteiger partial charge on any atom is -0.386 e. The number of aryl methyl sites for hydroxylation is 1. The van der Waals surface area contributed by atoms with Crippen LogP contribution in [0.3, 0.4) is 0 Å². The lowest BCUT2D eigenvalue weighted by Crippen LogP contribution is -2.39. The number of nitrogens with zero attached hydrogens (tertiary/aromatic N) is 3. The summed E-state index contributed by atoms with van der Waals surface area (Å²) in [7, 11) is 0. The summed E-state index contributed by atoms with van der Waals surface area (Å²) in [6, 6.07) is 11.7. The summed E-state index contributed by atoms with van der Waals surface area (Å²) in [5, 5.41) is 16.8. The number of nitrogens with one attached hydrogen (secondary N) is 2. The standard InChI is InChI=1S/C19H24ClN5OS.HI/c1-3-21-19(23-12-16(26)17-8-9-18(20)27-17)22-10-11-25-13(2)24-14-6-4-5-7-15(14)25;/h4-9,16,26H,3,10-12H2,1-2H3,(H2,21,22,23);1H. The van der Waals surface area contributed by atoms with Crippen molar-refractivity contribution in [1.82, 2.24) is 20.2 Å². The van der Waals surface area contributed by atoms with E-state index >= 15 is 0 Å². The average molecular weight is 534 g/mol. The Bertz CT molecular complexity index is 926. The normalized spacial score (nSPS) is 12.6. The lowest BCUT2D eigenvalue weighted by molar-refractivity contribution is 0.191. The van der Waals surface area contributed by atoms with Crippen molar-refractivity contribution in [3.8, 4) is 0 Å². The van der Waals surface area contributed by atoms with Crippen LogP contribution in [0.1, 0.15) is 23.7 Å². The van der Waals surface area contributed by atoms with E-state index in [1.54, 1.807) is 6.07 Å². The highest BCUT2D eigenvalue weighted by Crippen LogP contribution is 2.26. The molecule has 1 unspecified atom stereocenters. The maximum atomic E-state index is 10.3. The van der Waals surface area contributed by atoms with Crippen molar-refractivity contribution >= 4 is 63.9 Å². The number of thiophene rings is 1. The van der Waals surface area contributed by atoms with Crippen LogP contribution in [0.4, 0.5) is 0 Å². The fourth-order valence-electron chi connectivity index (χ4n) is 2.88. The Kier molecular flexibility index (Phi) is 9.00. The third kappa shape index (κ3) is 5.82. The van der Waals surface area contributed by atoms with Gasteiger partial charge in [0.15, 0.2) is 5.96 Å². The van der Waals surface area contributed by atoms with Crippen LogP contribution in [-0.4, -0.2) is 40.3 Å². The van der Waals surface area contributed by atoms with Gasteiger partial charge < -0.3 is 20.3 Å². The van der Waals surface area contributed by atoms with Gasteiger partial charge in [0.25, 0.3) is 0 Å². The van der Waals surface area contributed by atoms with Gasteiger partial charge in [0.2, 0.25) is 0 Å². The zero-order valence-electron chi connectivity index (χ0n) is 15.9. The molecule has 2 heterocycles. The molecule has 0 aliphatic rings. The molecule has 1 atom stereocenters. The first-order chi connectivity index (χ1) is 13.1. The fraction of sp³-hybridized carbons (Fsp3) is 0.368. The zero-order valence-corrected chi connectivity index (χ0v) is 19.8. The van der Waals surface area contributed by atoms with E-state index in [9.17, 15) is 5.11 Å². The van der Waals surface area contributed by atoms with E-state index in [1.807, 2.05) is 38.1 Å². The van der Waals surface area contributed by atoms with E-state index in [4.69, 9.17) is 11.6 Å². The van der Waals surface area contributed by atoms with Crippen LogP contribution in [0.2, 0.25) is 4.34 Å². The number of benzene rings is 1. The van der Waals surface area contributed by atoms with Crippen LogP contribution in [0.5, 0.6) is 0 Å². The van der Waals surface area contributed by atoms with Crippen LogP contribution < -0.4 is 10.6 Å². The summed E-state index contributed by atoms with van der Waals surface area (Å²) in [6.07, 6.45) is -0.655. The molecule has 0 saturated carbocycles. The van der Waals surface area contributed by atoms with Gasteiger partial charge >= 0.3 is 0 Å². The number of imidazole rings is 1. The number of hydrogen-bond acceptors (Lipinski definition) is 4. The van der Waals surface area contributed by atoms with Gasteiger partial charge in [-0.05, 0) is 38.1 Å². The summed E-state index contributed by atoms with van der Waals surface area (Å²) in [5.41, 5.74) is 2.14. The molecule has 152 valence electrons. The van der Waals surface area contributed by atoms with Gasteiger partial charge in [-0.15, -0.1) is 35.3 Å². The summed E-state index contributed by atoms with van der Waals surface area (Å²) >= 11 is 7.30. The summed E-state index contributed by atoms with van der Waals surface area (Å²) in [6.45, 7) is 6.54. The largest absolute Gasteiger partial charge is 0.386 e. The first-order valence-corrected chi connectivity index (χ1v) is 10.1. The van der Waals surface area contributed by atoms with Crippen LogP contribution in [0.25, 0.3) is 11.0 Å². The number of aliphatic hydroxyl groups is 1. The lowest BCUT2D eigenvalue weighted by Gasteiger charge is -2.14. The smallest absolute Gasteiger partial charge is 0.191 e. The summed E-state index contributed by atoms with van der Waals surface area (Å²) < 4.78 is 2.86. The van der Waals surface area contributed by atoms with E-state index < -0.39 is 6.10 Å². The number of aromatic nitrogens is 2. The molecule has 0 amide bonds. The molecule has 0 aliphatic heterocycles. The molecule has 0 aliphatic carbocycles. The van der Waals surface area contributed by atoms with Crippen molar-refractivity contribution < 1.29 is 5.11 Å². The fourth-order valence-corrected chi connectivity index (χ4v) is 3.92. The summed E-state index contributed by atoms with van der Waals surface area (Å²) in [5.74, 6) is 1.67. The molecule has 0 spiro atoms. The zero-order chi connectivity index (χ0) is 19.2. The van der Waals surface area contributed by atoms with Crippen LogP contribution in [-0.2, 0) is 6.54 Å². The van der Waals surface area contributed by atoms with E-state index in [1.165, 1.54) is 11.3 Å². The molecule has 3 rings (SSSR count). The number of rotatable bonds is 7. The second-order valence-electron chi connectivity index (χ2n) is 6.10. The Morgan fingerprint density at radius 2 is 2.07 bits per heavy atom. The quantitative estimate of drug-likeness (QED) is 0.244. The number of fused-ring (bicyclic) bond motifs is 1. The highest BCUT2D eigenvalue weighted by molar-refractivity contribution is 14.0. The first-order valence-electron chi connectivity index (χ1n) is 8.96. The number of aliphatic hydroxyl groups excluding tert-OH is 1. The molecule has 0 radical (unpaired) electrons. The average Bonchev–Trinajstić information content (AvgIpc) is 3.23. The third-order valence-corrected chi connectivity index (χ3v) is 5.49. The SMILES string of the molecule is CCNC(=NCC(O)c1ccc(Cl)s1)NCCn1c(C)nc2ccccc21.I. The molecule has 3 aromatic rings. The highest BCUT2D eigenvalue weighted by Gasteiger charge is 2.10. The number of guanidine groups is 1. The topological polar surface area (TPSA) is 74.5 Å².